The number of sulfonamides is 1. The predicted molar refractivity (Wildman–Crippen MR) is 127 cm³/mol. The van der Waals surface area contributed by atoms with Crippen molar-refractivity contribution < 1.29 is 13.2 Å². The number of hydrogen-bond acceptors (Lipinski definition) is 3. The summed E-state index contributed by atoms with van der Waals surface area (Å²) in [6, 6.07) is 20.5. The number of hydrogen-bond donors (Lipinski definition) is 1. The molecule has 0 spiro atoms. The molecular formula is C25H28N2O3S. The largest absolute Gasteiger partial charge is 0.322 e. The first-order valence-corrected chi connectivity index (χ1v) is 12.1. The molecule has 162 valence electrons. The van der Waals surface area contributed by atoms with E-state index in [1.165, 1.54) is 10.6 Å². The van der Waals surface area contributed by atoms with Gasteiger partial charge in [0.2, 0.25) is 10.0 Å². The third-order valence-corrected chi connectivity index (χ3v) is 6.39. The van der Waals surface area contributed by atoms with E-state index in [1.807, 2.05) is 63.2 Å². The van der Waals surface area contributed by atoms with Gasteiger partial charge in [-0.3, -0.25) is 9.10 Å². The van der Waals surface area contributed by atoms with Crippen LogP contribution in [-0.2, 0) is 23.0 Å². The van der Waals surface area contributed by atoms with Crippen LogP contribution in [0.25, 0.3) is 0 Å². The van der Waals surface area contributed by atoms with Gasteiger partial charge in [0.05, 0.1) is 18.5 Å². The SMILES string of the molecule is CCc1ccccc1NC(=O)c1ccc(CN(c2c(C)cccc2C)S(C)(=O)=O)cc1. The molecule has 0 unspecified atom stereocenters. The van der Waals surface area contributed by atoms with Gasteiger partial charge in [0.15, 0.2) is 0 Å². The van der Waals surface area contributed by atoms with Gasteiger partial charge in [-0.2, -0.15) is 0 Å². The van der Waals surface area contributed by atoms with Crippen molar-refractivity contribution in [1.29, 1.82) is 0 Å². The summed E-state index contributed by atoms with van der Waals surface area (Å²) in [7, 11) is -3.48. The molecule has 31 heavy (non-hydrogen) atoms. The molecule has 0 saturated heterocycles. The summed E-state index contributed by atoms with van der Waals surface area (Å²) in [5.74, 6) is -0.192. The van der Waals surface area contributed by atoms with Gasteiger partial charge in [-0.15, -0.1) is 0 Å². The van der Waals surface area contributed by atoms with Gasteiger partial charge in [-0.25, -0.2) is 8.42 Å². The Balaban J connectivity index is 1.82. The molecule has 3 rings (SSSR count). The zero-order valence-corrected chi connectivity index (χ0v) is 19.2. The summed E-state index contributed by atoms with van der Waals surface area (Å²) in [6.07, 6.45) is 2.04. The molecule has 0 aliphatic rings. The van der Waals surface area contributed by atoms with Crippen molar-refractivity contribution >= 4 is 27.3 Å². The van der Waals surface area contributed by atoms with Crippen molar-refractivity contribution in [3.05, 3.63) is 94.5 Å². The second-order valence-corrected chi connectivity index (χ2v) is 9.58. The lowest BCUT2D eigenvalue weighted by molar-refractivity contribution is 0.102. The maximum atomic E-state index is 12.7. The molecule has 0 aliphatic heterocycles. The highest BCUT2D eigenvalue weighted by Gasteiger charge is 2.21. The van der Waals surface area contributed by atoms with E-state index >= 15 is 0 Å². The summed E-state index contributed by atoms with van der Waals surface area (Å²) >= 11 is 0. The third kappa shape index (κ3) is 5.33. The molecule has 6 heteroatoms. The molecule has 3 aromatic carbocycles. The van der Waals surface area contributed by atoms with E-state index in [0.29, 0.717) is 11.3 Å². The second kappa shape index (κ2) is 9.35. The lowest BCUT2D eigenvalue weighted by Crippen LogP contribution is -2.30. The number of amides is 1. The highest BCUT2D eigenvalue weighted by molar-refractivity contribution is 7.92. The van der Waals surface area contributed by atoms with Crippen LogP contribution in [-0.4, -0.2) is 20.6 Å². The van der Waals surface area contributed by atoms with Crippen LogP contribution in [0.5, 0.6) is 0 Å². The Labute approximate surface area is 184 Å². The molecule has 3 aromatic rings. The van der Waals surface area contributed by atoms with Gasteiger partial charge in [0.1, 0.15) is 0 Å². The molecule has 0 radical (unpaired) electrons. The Bertz CT molecular complexity index is 1170. The summed E-state index contributed by atoms with van der Waals surface area (Å²) < 4.78 is 26.5. The molecule has 0 aromatic heterocycles. The lowest BCUT2D eigenvalue weighted by atomic mass is 10.1. The first-order chi connectivity index (χ1) is 14.7. The van der Waals surface area contributed by atoms with Crippen LogP contribution < -0.4 is 9.62 Å². The van der Waals surface area contributed by atoms with Gasteiger partial charge in [0.25, 0.3) is 5.91 Å². The maximum Gasteiger partial charge on any atom is 0.255 e. The van der Waals surface area contributed by atoms with Crippen LogP contribution >= 0.6 is 0 Å². The second-order valence-electron chi connectivity index (χ2n) is 7.67. The predicted octanol–water partition coefficient (Wildman–Crippen LogP) is 5.08. The summed E-state index contributed by atoms with van der Waals surface area (Å²) in [4.78, 5) is 12.7. The molecule has 0 atom stereocenters. The topological polar surface area (TPSA) is 66.5 Å². The first-order valence-electron chi connectivity index (χ1n) is 10.2. The Morgan fingerprint density at radius 2 is 1.52 bits per heavy atom. The van der Waals surface area contributed by atoms with Crippen LogP contribution in [0.1, 0.15) is 39.5 Å². The van der Waals surface area contributed by atoms with Crippen LogP contribution in [0.2, 0.25) is 0 Å². The number of rotatable bonds is 7. The number of carbonyl (C=O) groups is 1. The Morgan fingerprint density at radius 3 is 2.10 bits per heavy atom. The molecule has 0 saturated carbocycles. The number of para-hydroxylation sites is 2. The fourth-order valence-electron chi connectivity index (χ4n) is 3.63. The van der Waals surface area contributed by atoms with Gasteiger partial charge in [-0.05, 0) is 60.7 Å². The summed E-state index contributed by atoms with van der Waals surface area (Å²) in [5, 5.41) is 2.96. The van der Waals surface area contributed by atoms with E-state index in [2.05, 4.69) is 5.32 Å². The number of anilines is 2. The highest BCUT2D eigenvalue weighted by atomic mass is 32.2. The maximum absolute atomic E-state index is 12.7. The first kappa shape index (κ1) is 22.6. The van der Waals surface area contributed by atoms with E-state index in [0.717, 1.165) is 34.4 Å². The van der Waals surface area contributed by atoms with Gasteiger partial charge >= 0.3 is 0 Å². The molecule has 0 heterocycles. The molecule has 1 amide bonds. The van der Waals surface area contributed by atoms with Gasteiger partial charge in [-0.1, -0.05) is 55.5 Å². The van der Waals surface area contributed by atoms with Crippen molar-refractivity contribution in [3.8, 4) is 0 Å². The smallest absolute Gasteiger partial charge is 0.255 e. The van der Waals surface area contributed by atoms with Gasteiger partial charge < -0.3 is 5.32 Å². The zero-order chi connectivity index (χ0) is 22.6. The minimum atomic E-state index is -3.48. The van der Waals surface area contributed by atoms with Gasteiger partial charge in [0, 0.05) is 11.3 Å². The number of aryl methyl sites for hydroxylation is 3. The zero-order valence-electron chi connectivity index (χ0n) is 18.3. The minimum Gasteiger partial charge on any atom is -0.322 e. The van der Waals surface area contributed by atoms with Crippen LogP contribution in [0.3, 0.4) is 0 Å². The monoisotopic (exact) mass is 436 g/mol. The van der Waals surface area contributed by atoms with Crippen molar-refractivity contribution in [2.45, 2.75) is 33.7 Å². The van der Waals surface area contributed by atoms with Crippen molar-refractivity contribution in [2.24, 2.45) is 0 Å². The van der Waals surface area contributed by atoms with Crippen LogP contribution in [0, 0.1) is 13.8 Å². The molecule has 5 nitrogen and oxygen atoms in total. The Kier molecular flexibility index (Phi) is 6.81. The number of nitrogens with zero attached hydrogens (tertiary/aromatic N) is 1. The van der Waals surface area contributed by atoms with E-state index in [9.17, 15) is 13.2 Å². The van der Waals surface area contributed by atoms with Crippen molar-refractivity contribution in [2.75, 3.05) is 15.9 Å². The lowest BCUT2D eigenvalue weighted by Gasteiger charge is -2.26. The average molecular weight is 437 g/mol. The molecular weight excluding hydrogens is 408 g/mol. The number of benzene rings is 3. The van der Waals surface area contributed by atoms with Crippen LogP contribution in [0.4, 0.5) is 11.4 Å². The highest BCUT2D eigenvalue weighted by Crippen LogP contribution is 2.28. The third-order valence-electron chi connectivity index (χ3n) is 5.28. The standard InChI is InChI=1S/C25H28N2O3S/c1-5-21-11-6-7-12-23(21)26-25(28)22-15-13-20(14-16-22)17-27(31(4,29)30)24-18(2)9-8-10-19(24)3/h6-16H,5,17H2,1-4H3,(H,26,28). The molecule has 1 N–H and O–H groups in total. The Hall–Kier alpha value is -3.12. The molecule has 0 bridgehead atoms. The number of carbonyl (C=O) groups excluding carboxylic acids is 1. The minimum absolute atomic E-state index is 0.192. The van der Waals surface area contributed by atoms with E-state index in [1.54, 1.807) is 24.3 Å². The quantitative estimate of drug-likeness (QED) is 0.561. The molecule has 0 fully saturated rings. The Morgan fingerprint density at radius 1 is 0.903 bits per heavy atom. The van der Waals surface area contributed by atoms with Crippen LogP contribution in [0.15, 0.2) is 66.7 Å². The van der Waals surface area contributed by atoms with E-state index in [-0.39, 0.29) is 12.5 Å². The fourth-order valence-corrected chi connectivity index (χ4v) is 4.64. The van der Waals surface area contributed by atoms with Crippen molar-refractivity contribution in [1.82, 2.24) is 0 Å². The number of nitrogens with one attached hydrogen (secondary N) is 1. The summed E-state index contributed by atoms with van der Waals surface area (Å²) in [6.45, 7) is 6.05. The average Bonchev–Trinajstić information content (AvgIpc) is 2.73. The molecule has 0 aliphatic carbocycles. The fraction of sp³-hybridized carbons (Fsp3) is 0.240. The van der Waals surface area contributed by atoms with Crippen molar-refractivity contribution in [3.63, 3.8) is 0 Å². The van der Waals surface area contributed by atoms with E-state index in [4.69, 9.17) is 0 Å². The normalized spacial score (nSPS) is 11.2. The summed E-state index contributed by atoms with van der Waals surface area (Å²) in [5.41, 5.74) is 5.70. The van der Waals surface area contributed by atoms with E-state index < -0.39 is 10.0 Å².